The fourth-order valence-corrected chi connectivity index (χ4v) is 3.41. The lowest BCUT2D eigenvalue weighted by atomic mass is 9.94. The van der Waals surface area contributed by atoms with E-state index in [1.165, 1.54) is 10.4 Å². The van der Waals surface area contributed by atoms with Crippen LogP contribution in [0.25, 0.3) is 0 Å². The second-order valence-electron chi connectivity index (χ2n) is 5.00. The molecule has 0 atom stereocenters. The number of ether oxygens (including phenoxy) is 1. The van der Waals surface area contributed by atoms with Crippen molar-refractivity contribution in [2.75, 3.05) is 27.3 Å². The van der Waals surface area contributed by atoms with Crippen molar-refractivity contribution in [1.82, 2.24) is 9.62 Å². The molecule has 0 radical (unpaired) electrons. The average molecular weight is 302 g/mol. The number of methoxy groups -OCH3 is 1. The van der Waals surface area contributed by atoms with Crippen LogP contribution in [0.2, 0.25) is 0 Å². The number of nitrogens with one attached hydrogen (secondary N) is 1. The van der Waals surface area contributed by atoms with Crippen LogP contribution in [0, 0.1) is 0 Å². The maximum Gasteiger partial charge on any atom is 0.276 e. The molecule has 0 bridgehead atoms. The highest BCUT2D eigenvalue weighted by Gasteiger charge is 2.33. The first-order chi connectivity index (χ1) is 9.55. The van der Waals surface area contributed by atoms with Crippen LogP contribution in [0.5, 0.6) is 0 Å². The molecule has 1 heterocycles. The topological polar surface area (TPSA) is 71.8 Å². The third-order valence-corrected chi connectivity index (χ3v) is 5.43. The van der Waals surface area contributed by atoms with Crippen LogP contribution >= 0.6 is 0 Å². The highest BCUT2D eigenvalue weighted by molar-refractivity contribution is 7.89. The van der Waals surface area contributed by atoms with Crippen LogP contribution in [0.3, 0.4) is 0 Å². The average Bonchev–Trinajstić information content (AvgIpc) is 2.82. The summed E-state index contributed by atoms with van der Waals surface area (Å²) in [5.74, 6) is 0.613. The minimum absolute atomic E-state index is 0.0236. The van der Waals surface area contributed by atoms with Crippen LogP contribution in [0.15, 0.2) is 21.6 Å². The Kier molecular flexibility index (Phi) is 5.20. The van der Waals surface area contributed by atoms with Gasteiger partial charge < -0.3 is 14.5 Å². The standard InChI is InChI=1S/C13H22N2O4S/c1-15(11-4-3-5-11)20(16,17)13-7-6-12(19-13)10-14-8-9-18-2/h6-7,11,14H,3-5,8-10H2,1-2H3. The minimum Gasteiger partial charge on any atom is -0.447 e. The molecule has 1 aliphatic carbocycles. The third kappa shape index (κ3) is 3.41. The Morgan fingerprint density at radius 3 is 2.80 bits per heavy atom. The van der Waals surface area contributed by atoms with Crippen molar-refractivity contribution in [2.45, 2.75) is 36.9 Å². The monoisotopic (exact) mass is 302 g/mol. The molecule has 0 amide bonds. The summed E-state index contributed by atoms with van der Waals surface area (Å²) in [6, 6.07) is 3.34. The van der Waals surface area contributed by atoms with Gasteiger partial charge in [-0.25, -0.2) is 8.42 Å². The van der Waals surface area contributed by atoms with E-state index in [1.54, 1.807) is 20.2 Å². The first kappa shape index (κ1) is 15.5. The van der Waals surface area contributed by atoms with E-state index in [0.717, 1.165) is 19.3 Å². The van der Waals surface area contributed by atoms with Gasteiger partial charge in [-0.1, -0.05) is 6.42 Å². The summed E-state index contributed by atoms with van der Waals surface area (Å²) in [5.41, 5.74) is 0. The van der Waals surface area contributed by atoms with E-state index in [0.29, 0.717) is 25.5 Å². The molecule has 0 spiro atoms. The van der Waals surface area contributed by atoms with Crippen molar-refractivity contribution in [3.8, 4) is 0 Å². The lowest BCUT2D eigenvalue weighted by Crippen LogP contribution is -2.41. The number of hydrogen-bond acceptors (Lipinski definition) is 5. The fraction of sp³-hybridized carbons (Fsp3) is 0.692. The summed E-state index contributed by atoms with van der Waals surface area (Å²) in [5, 5.41) is 3.14. The molecule has 7 heteroatoms. The minimum atomic E-state index is -3.50. The molecule has 0 aromatic carbocycles. The van der Waals surface area contributed by atoms with Crippen molar-refractivity contribution in [3.63, 3.8) is 0 Å². The zero-order chi connectivity index (χ0) is 14.6. The maximum atomic E-state index is 12.3. The molecule has 1 fully saturated rings. The second kappa shape index (κ2) is 6.71. The van der Waals surface area contributed by atoms with Gasteiger partial charge in [0.2, 0.25) is 5.09 Å². The molecular weight excluding hydrogens is 280 g/mol. The largest absolute Gasteiger partial charge is 0.447 e. The Bertz CT molecular complexity index is 522. The highest BCUT2D eigenvalue weighted by atomic mass is 32.2. The molecular formula is C13H22N2O4S. The van der Waals surface area contributed by atoms with Gasteiger partial charge in [0.15, 0.2) is 0 Å². The van der Waals surface area contributed by atoms with E-state index in [1.807, 2.05) is 0 Å². The van der Waals surface area contributed by atoms with E-state index in [4.69, 9.17) is 9.15 Å². The first-order valence-corrected chi connectivity index (χ1v) is 8.26. The molecule has 114 valence electrons. The lowest BCUT2D eigenvalue weighted by Gasteiger charge is -2.32. The van der Waals surface area contributed by atoms with E-state index in [9.17, 15) is 8.42 Å². The third-order valence-electron chi connectivity index (χ3n) is 3.64. The molecule has 2 rings (SSSR count). The van der Waals surface area contributed by atoms with Gasteiger partial charge in [-0.05, 0) is 25.0 Å². The molecule has 0 saturated heterocycles. The quantitative estimate of drug-likeness (QED) is 0.730. The van der Waals surface area contributed by atoms with Gasteiger partial charge in [0.05, 0.1) is 13.2 Å². The van der Waals surface area contributed by atoms with E-state index in [-0.39, 0.29) is 11.1 Å². The molecule has 20 heavy (non-hydrogen) atoms. The Labute approximate surface area is 120 Å². The first-order valence-electron chi connectivity index (χ1n) is 6.82. The predicted molar refractivity (Wildman–Crippen MR) is 74.9 cm³/mol. The number of rotatable bonds is 8. The van der Waals surface area contributed by atoms with Crippen molar-refractivity contribution in [3.05, 3.63) is 17.9 Å². The Balaban J connectivity index is 1.96. The number of sulfonamides is 1. The van der Waals surface area contributed by atoms with Gasteiger partial charge in [0, 0.05) is 26.7 Å². The second-order valence-corrected chi connectivity index (χ2v) is 6.92. The molecule has 1 saturated carbocycles. The summed E-state index contributed by atoms with van der Waals surface area (Å²) in [4.78, 5) is 0. The smallest absolute Gasteiger partial charge is 0.276 e. The van der Waals surface area contributed by atoms with E-state index >= 15 is 0 Å². The number of hydrogen-bond donors (Lipinski definition) is 1. The number of nitrogens with zero attached hydrogens (tertiary/aromatic N) is 1. The molecule has 1 aliphatic rings. The summed E-state index contributed by atoms with van der Waals surface area (Å²) in [6.45, 7) is 1.80. The van der Waals surface area contributed by atoms with Gasteiger partial charge in [-0.15, -0.1) is 0 Å². The molecule has 1 aromatic rings. The highest BCUT2D eigenvalue weighted by Crippen LogP contribution is 2.29. The van der Waals surface area contributed by atoms with Gasteiger partial charge in [0.1, 0.15) is 5.76 Å². The molecule has 1 N–H and O–H groups in total. The summed E-state index contributed by atoms with van der Waals surface area (Å²) in [6.07, 6.45) is 2.96. The van der Waals surface area contributed by atoms with E-state index in [2.05, 4.69) is 5.32 Å². The summed E-state index contributed by atoms with van der Waals surface area (Å²) in [7, 11) is -0.242. The molecule has 6 nitrogen and oxygen atoms in total. The Morgan fingerprint density at radius 2 is 2.20 bits per heavy atom. The normalized spacial score (nSPS) is 16.6. The van der Waals surface area contributed by atoms with Crippen LogP contribution in [-0.4, -0.2) is 46.1 Å². The zero-order valence-corrected chi connectivity index (χ0v) is 12.8. The van der Waals surface area contributed by atoms with Crippen LogP contribution in [-0.2, 0) is 21.3 Å². The van der Waals surface area contributed by atoms with Crippen LogP contribution in [0.4, 0.5) is 0 Å². The summed E-state index contributed by atoms with van der Waals surface area (Å²) >= 11 is 0. The zero-order valence-electron chi connectivity index (χ0n) is 12.0. The summed E-state index contributed by atoms with van der Waals surface area (Å²) < 4.78 is 36.5. The van der Waals surface area contributed by atoms with Crippen molar-refractivity contribution in [2.24, 2.45) is 0 Å². The van der Waals surface area contributed by atoms with Crippen molar-refractivity contribution >= 4 is 10.0 Å². The van der Waals surface area contributed by atoms with Gasteiger partial charge >= 0.3 is 0 Å². The number of furan rings is 1. The van der Waals surface area contributed by atoms with Crippen molar-refractivity contribution in [1.29, 1.82) is 0 Å². The predicted octanol–water partition coefficient (Wildman–Crippen LogP) is 1.19. The van der Waals surface area contributed by atoms with E-state index < -0.39 is 10.0 Å². The fourth-order valence-electron chi connectivity index (χ4n) is 2.07. The maximum absolute atomic E-state index is 12.3. The Hall–Kier alpha value is -0.890. The van der Waals surface area contributed by atoms with Gasteiger partial charge in [0.25, 0.3) is 10.0 Å². The van der Waals surface area contributed by atoms with Crippen LogP contribution in [0.1, 0.15) is 25.0 Å². The molecule has 0 aliphatic heterocycles. The van der Waals surface area contributed by atoms with Crippen LogP contribution < -0.4 is 5.32 Å². The lowest BCUT2D eigenvalue weighted by molar-refractivity contribution is 0.198. The molecule has 0 unspecified atom stereocenters. The Morgan fingerprint density at radius 1 is 1.45 bits per heavy atom. The van der Waals surface area contributed by atoms with Crippen molar-refractivity contribution < 1.29 is 17.6 Å². The van der Waals surface area contributed by atoms with Gasteiger partial charge in [-0.2, -0.15) is 4.31 Å². The SMILES string of the molecule is COCCNCc1ccc(S(=O)(=O)N(C)C2CCC2)o1. The van der Waals surface area contributed by atoms with Gasteiger partial charge in [-0.3, -0.25) is 0 Å². The molecule has 1 aromatic heterocycles.